The van der Waals surface area contributed by atoms with Crippen LogP contribution in [0.2, 0.25) is 0 Å². The van der Waals surface area contributed by atoms with Gasteiger partial charge < -0.3 is 14.1 Å². The molecule has 164 valence electrons. The number of methoxy groups -OCH3 is 1. The van der Waals surface area contributed by atoms with Gasteiger partial charge in [0.25, 0.3) is 11.8 Å². The molecule has 0 atom stereocenters. The molecule has 4 heterocycles. The van der Waals surface area contributed by atoms with Gasteiger partial charge in [0.05, 0.1) is 5.56 Å². The molecule has 0 spiro atoms. The van der Waals surface area contributed by atoms with Crippen molar-refractivity contribution in [3.05, 3.63) is 40.4 Å². The Morgan fingerprint density at radius 1 is 1.26 bits per heavy atom. The van der Waals surface area contributed by atoms with Gasteiger partial charge in [0.1, 0.15) is 5.52 Å². The maximum atomic E-state index is 12.9. The number of hydrogen-bond acceptors (Lipinski definition) is 6. The van der Waals surface area contributed by atoms with Gasteiger partial charge >= 0.3 is 0 Å². The highest BCUT2D eigenvalue weighted by atomic mass is 79.9. The molecule has 4 rings (SSSR count). The lowest BCUT2D eigenvalue weighted by molar-refractivity contribution is 0.0724. The molecule has 1 saturated heterocycles. The molecule has 0 aliphatic carbocycles. The minimum Gasteiger partial charge on any atom is -0.444 e. The van der Waals surface area contributed by atoms with Gasteiger partial charge in [-0.2, -0.15) is 0 Å². The molecule has 1 N–H and O–H groups in total. The molecule has 0 unspecified atom stereocenters. The van der Waals surface area contributed by atoms with Gasteiger partial charge in [-0.3, -0.25) is 19.5 Å². The number of hydrogen-bond donors (Lipinski definition) is 1. The molecule has 1 fully saturated rings. The van der Waals surface area contributed by atoms with Crippen LogP contribution in [0.1, 0.15) is 46.6 Å². The average molecular weight is 490 g/mol. The van der Waals surface area contributed by atoms with Crippen LogP contribution in [0, 0.1) is 0 Å². The summed E-state index contributed by atoms with van der Waals surface area (Å²) in [5.74, 6) is 0.0580. The molecule has 2 amide bonds. The summed E-state index contributed by atoms with van der Waals surface area (Å²) in [5.41, 5.74) is 1.65. The number of halogens is 1. The first kappa shape index (κ1) is 21.5. The highest BCUT2D eigenvalue weighted by molar-refractivity contribution is 9.10. The first-order valence-corrected chi connectivity index (χ1v) is 11.1. The molecule has 0 saturated carbocycles. The fourth-order valence-corrected chi connectivity index (χ4v) is 3.99. The Morgan fingerprint density at radius 2 is 2.06 bits per heavy atom. The van der Waals surface area contributed by atoms with Gasteiger partial charge in [-0.15, -0.1) is 0 Å². The monoisotopic (exact) mass is 489 g/mol. The molecule has 3 aromatic heterocycles. The number of anilines is 1. The van der Waals surface area contributed by atoms with E-state index in [0.29, 0.717) is 46.9 Å². The lowest BCUT2D eigenvalue weighted by atomic mass is 10.1. The number of rotatable bonds is 7. The van der Waals surface area contributed by atoms with Crippen molar-refractivity contribution < 1.29 is 18.7 Å². The number of nitrogens with zero attached hydrogens (tertiary/aromatic N) is 4. The van der Waals surface area contributed by atoms with Gasteiger partial charge in [-0.1, -0.05) is 0 Å². The predicted molar refractivity (Wildman–Crippen MR) is 118 cm³/mol. The van der Waals surface area contributed by atoms with Crippen LogP contribution in [-0.4, -0.2) is 58.1 Å². The predicted octanol–water partition coefficient (Wildman–Crippen LogP) is 3.70. The maximum Gasteiger partial charge on any atom is 0.293 e. The summed E-state index contributed by atoms with van der Waals surface area (Å²) >= 11 is 3.20. The number of nitrogens with one attached hydrogen (secondary N) is 1. The second kappa shape index (κ2) is 9.61. The fourth-order valence-electron chi connectivity index (χ4n) is 3.68. The fraction of sp³-hybridized carbons (Fsp3) is 0.429. The van der Waals surface area contributed by atoms with E-state index in [4.69, 9.17) is 9.15 Å². The standard InChI is InChI=1S/C21H24BrN5O4/c1-30-11-5-10-27-18-15(24-21(27)25-19(28)16-6-7-17(22)31-16)12-14(13-23-18)20(29)26-8-3-2-4-9-26/h6-7,12-13H,2-5,8-11H2,1H3,(H,24,25,28). The quantitative estimate of drug-likeness (QED) is 0.507. The summed E-state index contributed by atoms with van der Waals surface area (Å²) in [6.07, 6.45) is 5.50. The Labute approximate surface area is 187 Å². The van der Waals surface area contributed by atoms with Crippen molar-refractivity contribution in [2.45, 2.75) is 32.2 Å². The van der Waals surface area contributed by atoms with Crippen molar-refractivity contribution in [2.75, 3.05) is 32.1 Å². The molecule has 3 aromatic rings. The minimum absolute atomic E-state index is 0.0333. The Balaban J connectivity index is 1.63. The normalized spacial score (nSPS) is 14.2. The first-order chi connectivity index (χ1) is 15.1. The van der Waals surface area contributed by atoms with Crippen LogP contribution in [0.5, 0.6) is 0 Å². The third kappa shape index (κ3) is 4.80. The molecule has 0 aromatic carbocycles. The second-order valence-corrected chi connectivity index (χ2v) is 8.19. The van der Waals surface area contributed by atoms with E-state index in [0.717, 1.165) is 32.4 Å². The van der Waals surface area contributed by atoms with E-state index in [1.54, 1.807) is 31.5 Å². The summed E-state index contributed by atoms with van der Waals surface area (Å²) in [5, 5.41) is 2.79. The number of carbonyl (C=O) groups excluding carboxylic acids is 2. The zero-order chi connectivity index (χ0) is 21.8. The molecule has 1 aliphatic rings. The van der Waals surface area contributed by atoms with Gasteiger partial charge in [-0.25, -0.2) is 9.97 Å². The number of imidazole rings is 1. The third-order valence-electron chi connectivity index (χ3n) is 5.23. The first-order valence-electron chi connectivity index (χ1n) is 10.3. The number of furan rings is 1. The molecule has 31 heavy (non-hydrogen) atoms. The minimum atomic E-state index is -0.418. The number of amides is 2. The largest absolute Gasteiger partial charge is 0.444 e. The SMILES string of the molecule is COCCCn1c(NC(=O)c2ccc(Br)o2)nc2cc(C(=O)N3CCCCC3)cnc21. The van der Waals surface area contributed by atoms with Crippen molar-refractivity contribution in [3.63, 3.8) is 0 Å². The zero-order valence-corrected chi connectivity index (χ0v) is 18.9. The summed E-state index contributed by atoms with van der Waals surface area (Å²) in [6, 6.07) is 4.97. The van der Waals surface area contributed by atoms with E-state index < -0.39 is 5.91 Å². The highest BCUT2D eigenvalue weighted by Crippen LogP contribution is 2.22. The van der Waals surface area contributed by atoms with E-state index >= 15 is 0 Å². The van der Waals surface area contributed by atoms with Crippen molar-refractivity contribution in [3.8, 4) is 0 Å². The van der Waals surface area contributed by atoms with E-state index in [-0.39, 0.29) is 11.7 Å². The Kier molecular flexibility index (Phi) is 6.67. The van der Waals surface area contributed by atoms with Crippen molar-refractivity contribution >= 4 is 44.9 Å². The summed E-state index contributed by atoms with van der Waals surface area (Å²) in [7, 11) is 1.64. The van der Waals surface area contributed by atoms with Gasteiger partial charge in [-0.05, 0) is 59.8 Å². The van der Waals surface area contributed by atoms with Crippen LogP contribution in [0.15, 0.2) is 33.5 Å². The Morgan fingerprint density at radius 3 is 2.77 bits per heavy atom. The summed E-state index contributed by atoms with van der Waals surface area (Å²) < 4.78 is 12.8. The second-order valence-electron chi connectivity index (χ2n) is 7.41. The molecule has 10 heteroatoms. The van der Waals surface area contributed by atoms with Crippen LogP contribution < -0.4 is 5.32 Å². The van der Waals surface area contributed by atoms with Gasteiger partial charge in [0, 0.05) is 39.5 Å². The summed E-state index contributed by atoms with van der Waals surface area (Å²) in [4.78, 5) is 36.4. The van der Waals surface area contributed by atoms with Crippen LogP contribution in [-0.2, 0) is 11.3 Å². The number of fused-ring (bicyclic) bond motifs is 1. The molecule has 0 radical (unpaired) electrons. The van der Waals surface area contributed by atoms with E-state index in [9.17, 15) is 9.59 Å². The Hall–Kier alpha value is -2.72. The number of pyridine rings is 1. The van der Waals surface area contributed by atoms with E-state index in [1.165, 1.54) is 0 Å². The average Bonchev–Trinajstić information content (AvgIpc) is 3.37. The zero-order valence-electron chi connectivity index (χ0n) is 17.3. The smallest absolute Gasteiger partial charge is 0.293 e. The topological polar surface area (TPSA) is 102 Å². The van der Waals surface area contributed by atoms with Crippen molar-refractivity contribution in [2.24, 2.45) is 0 Å². The van der Waals surface area contributed by atoms with Gasteiger partial charge in [0.15, 0.2) is 16.1 Å². The molecule has 1 aliphatic heterocycles. The van der Waals surface area contributed by atoms with Crippen LogP contribution >= 0.6 is 15.9 Å². The number of carbonyl (C=O) groups is 2. The molecule has 0 bridgehead atoms. The molecular formula is C21H24BrN5O4. The number of aromatic nitrogens is 3. The number of aryl methyl sites for hydroxylation is 1. The van der Waals surface area contributed by atoms with Crippen LogP contribution in [0.4, 0.5) is 5.95 Å². The van der Waals surface area contributed by atoms with Crippen molar-refractivity contribution in [1.29, 1.82) is 0 Å². The van der Waals surface area contributed by atoms with Crippen molar-refractivity contribution in [1.82, 2.24) is 19.4 Å². The summed E-state index contributed by atoms with van der Waals surface area (Å²) in [6.45, 7) is 2.64. The van der Waals surface area contributed by atoms with Crippen LogP contribution in [0.3, 0.4) is 0 Å². The lowest BCUT2D eigenvalue weighted by Crippen LogP contribution is -2.35. The molecular weight excluding hydrogens is 466 g/mol. The van der Waals surface area contributed by atoms with E-state index in [1.807, 2.05) is 9.47 Å². The lowest BCUT2D eigenvalue weighted by Gasteiger charge is -2.26. The van der Waals surface area contributed by atoms with E-state index in [2.05, 4.69) is 31.2 Å². The maximum absolute atomic E-state index is 12.9. The number of likely N-dealkylation sites (tertiary alicyclic amines) is 1. The van der Waals surface area contributed by atoms with Crippen LogP contribution in [0.25, 0.3) is 11.2 Å². The molecule has 9 nitrogen and oxygen atoms in total. The Bertz CT molecular complexity index is 1090. The third-order valence-corrected chi connectivity index (χ3v) is 5.65. The van der Waals surface area contributed by atoms with Gasteiger partial charge in [0.2, 0.25) is 5.95 Å². The highest BCUT2D eigenvalue weighted by Gasteiger charge is 2.22. The number of piperidine rings is 1. The number of ether oxygens (including phenoxy) is 1.